The third kappa shape index (κ3) is 4.85. The number of rotatable bonds is 4. The van der Waals surface area contributed by atoms with E-state index in [4.69, 9.17) is 0 Å². The lowest BCUT2D eigenvalue weighted by molar-refractivity contribution is -0.126. The van der Waals surface area contributed by atoms with Gasteiger partial charge in [0.05, 0.1) is 5.92 Å². The molecule has 0 spiro atoms. The fourth-order valence-corrected chi connectivity index (χ4v) is 3.23. The summed E-state index contributed by atoms with van der Waals surface area (Å²) >= 11 is 0. The van der Waals surface area contributed by atoms with Crippen molar-refractivity contribution in [3.05, 3.63) is 65.7 Å². The second kappa shape index (κ2) is 8.52. The van der Waals surface area contributed by atoms with Crippen LogP contribution in [-0.2, 0) is 11.3 Å². The average Bonchev–Trinajstić information content (AvgIpc) is 2.67. The van der Waals surface area contributed by atoms with Gasteiger partial charge in [-0.3, -0.25) is 4.79 Å². The van der Waals surface area contributed by atoms with Gasteiger partial charge in [0.25, 0.3) is 0 Å². The highest BCUT2D eigenvalue weighted by Crippen LogP contribution is 2.18. The van der Waals surface area contributed by atoms with Crippen molar-refractivity contribution in [3.63, 3.8) is 0 Å². The number of nitrogens with one attached hydrogen (secondary N) is 2. The van der Waals surface area contributed by atoms with Gasteiger partial charge in [0.15, 0.2) is 0 Å². The summed E-state index contributed by atoms with van der Waals surface area (Å²) in [6.07, 6.45) is 1.65. The first-order valence-corrected chi connectivity index (χ1v) is 9.06. The predicted molar refractivity (Wildman–Crippen MR) is 103 cm³/mol. The van der Waals surface area contributed by atoms with Crippen LogP contribution in [-0.4, -0.2) is 29.9 Å². The van der Waals surface area contributed by atoms with E-state index in [-0.39, 0.29) is 17.9 Å². The normalized spacial score (nSPS) is 16.8. The first kappa shape index (κ1) is 18.0. The lowest BCUT2D eigenvalue weighted by Gasteiger charge is -2.32. The Morgan fingerprint density at radius 1 is 1.12 bits per heavy atom. The van der Waals surface area contributed by atoms with Crippen LogP contribution in [0.2, 0.25) is 0 Å². The molecule has 5 nitrogen and oxygen atoms in total. The van der Waals surface area contributed by atoms with Crippen molar-refractivity contribution in [3.8, 4) is 0 Å². The van der Waals surface area contributed by atoms with E-state index in [0.717, 1.165) is 29.7 Å². The van der Waals surface area contributed by atoms with E-state index < -0.39 is 0 Å². The summed E-state index contributed by atoms with van der Waals surface area (Å²) in [6, 6.07) is 17.4. The number of benzene rings is 2. The van der Waals surface area contributed by atoms with Gasteiger partial charge in [0.2, 0.25) is 5.91 Å². The van der Waals surface area contributed by atoms with Crippen molar-refractivity contribution in [2.45, 2.75) is 26.3 Å². The highest BCUT2D eigenvalue weighted by Gasteiger charge is 2.28. The second-order valence-corrected chi connectivity index (χ2v) is 6.79. The second-order valence-electron chi connectivity index (χ2n) is 6.79. The van der Waals surface area contributed by atoms with E-state index in [1.54, 1.807) is 4.90 Å². The molecular weight excluding hydrogens is 326 g/mol. The molecule has 1 atom stereocenters. The summed E-state index contributed by atoms with van der Waals surface area (Å²) in [6.45, 7) is 3.65. The Morgan fingerprint density at radius 3 is 2.69 bits per heavy atom. The van der Waals surface area contributed by atoms with E-state index in [1.165, 1.54) is 0 Å². The Hall–Kier alpha value is -2.82. The number of hydrogen-bond acceptors (Lipinski definition) is 2. The third-order valence-corrected chi connectivity index (χ3v) is 4.66. The van der Waals surface area contributed by atoms with Crippen molar-refractivity contribution < 1.29 is 9.59 Å². The molecular formula is C21H25N3O2. The summed E-state index contributed by atoms with van der Waals surface area (Å²) in [5.74, 6) is -0.141. The number of urea groups is 1. The molecule has 0 radical (unpaired) electrons. The number of hydrogen-bond donors (Lipinski definition) is 2. The molecule has 2 aromatic rings. The van der Waals surface area contributed by atoms with Gasteiger partial charge in [-0.1, -0.05) is 42.5 Å². The van der Waals surface area contributed by atoms with E-state index in [2.05, 4.69) is 10.6 Å². The summed E-state index contributed by atoms with van der Waals surface area (Å²) in [7, 11) is 0. The number of nitrogens with zero attached hydrogens (tertiary/aromatic N) is 1. The van der Waals surface area contributed by atoms with E-state index in [0.29, 0.717) is 19.6 Å². The van der Waals surface area contributed by atoms with Crippen molar-refractivity contribution in [1.29, 1.82) is 0 Å². The third-order valence-electron chi connectivity index (χ3n) is 4.66. The van der Waals surface area contributed by atoms with Crippen molar-refractivity contribution in [1.82, 2.24) is 10.2 Å². The van der Waals surface area contributed by atoms with Crippen LogP contribution < -0.4 is 10.6 Å². The van der Waals surface area contributed by atoms with Crippen molar-refractivity contribution in [2.75, 3.05) is 18.4 Å². The number of piperidine rings is 1. The molecule has 26 heavy (non-hydrogen) atoms. The summed E-state index contributed by atoms with van der Waals surface area (Å²) in [5.41, 5.74) is 2.95. The van der Waals surface area contributed by atoms with Crippen LogP contribution in [0.4, 0.5) is 10.5 Å². The van der Waals surface area contributed by atoms with Gasteiger partial charge in [-0.25, -0.2) is 4.79 Å². The molecule has 0 saturated carbocycles. The highest BCUT2D eigenvalue weighted by atomic mass is 16.2. The van der Waals surface area contributed by atoms with Gasteiger partial charge in [0, 0.05) is 25.3 Å². The van der Waals surface area contributed by atoms with E-state index in [1.807, 2.05) is 61.5 Å². The molecule has 5 heteroatoms. The fraction of sp³-hybridized carbons (Fsp3) is 0.333. The van der Waals surface area contributed by atoms with Gasteiger partial charge in [0.1, 0.15) is 0 Å². The molecule has 2 N–H and O–H groups in total. The van der Waals surface area contributed by atoms with Gasteiger partial charge in [-0.15, -0.1) is 0 Å². The van der Waals surface area contributed by atoms with E-state index >= 15 is 0 Å². The molecule has 0 aromatic heterocycles. The monoisotopic (exact) mass is 351 g/mol. The van der Waals surface area contributed by atoms with Crippen LogP contribution in [0, 0.1) is 12.8 Å². The molecule has 3 amide bonds. The van der Waals surface area contributed by atoms with Crippen LogP contribution in [0.3, 0.4) is 0 Å². The first-order chi connectivity index (χ1) is 12.6. The Morgan fingerprint density at radius 2 is 1.92 bits per heavy atom. The number of aryl methyl sites for hydroxylation is 1. The van der Waals surface area contributed by atoms with Gasteiger partial charge >= 0.3 is 6.03 Å². The van der Waals surface area contributed by atoms with Crippen LogP contribution in [0.5, 0.6) is 0 Å². The van der Waals surface area contributed by atoms with Gasteiger partial charge in [-0.05, 0) is 43.0 Å². The zero-order valence-corrected chi connectivity index (χ0v) is 15.1. The first-order valence-electron chi connectivity index (χ1n) is 9.06. The maximum atomic E-state index is 12.5. The molecule has 1 aliphatic rings. The number of anilines is 1. The summed E-state index contributed by atoms with van der Waals surface area (Å²) in [4.78, 5) is 26.7. The SMILES string of the molecule is Cc1cccc(NC(=O)N2CCCC(C(=O)NCc3ccccc3)C2)c1. The molecule has 0 bridgehead atoms. The Kier molecular flexibility index (Phi) is 5.89. The number of carbonyl (C=O) groups excluding carboxylic acids is 2. The Bertz CT molecular complexity index is 761. The zero-order valence-electron chi connectivity index (χ0n) is 15.1. The summed E-state index contributed by atoms with van der Waals surface area (Å²) < 4.78 is 0. The molecule has 0 aliphatic carbocycles. The number of amides is 3. The Labute approximate surface area is 154 Å². The van der Waals surface area contributed by atoms with E-state index in [9.17, 15) is 9.59 Å². The minimum absolute atomic E-state index is 0.0157. The molecule has 1 saturated heterocycles. The minimum Gasteiger partial charge on any atom is -0.352 e. The van der Waals surface area contributed by atoms with Crippen LogP contribution in [0.1, 0.15) is 24.0 Å². The fourth-order valence-electron chi connectivity index (χ4n) is 3.23. The molecule has 3 rings (SSSR count). The quantitative estimate of drug-likeness (QED) is 0.885. The Balaban J connectivity index is 1.53. The van der Waals surface area contributed by atoms with Crippen LogP contribution >= 0.6 is 0 Å². The smallest absolute Gasteiger partial charge is 0.321 e. The topological polar surface area (TPSA) is 61.4 Å². The number of carbonyl (C=O) groups is 2. The molecule has 1 aliphatic heterocycles. The minimum atomic E-state index is -0.157. The lowest BCUT2D eigenvalue weighted by Crippen LogP contribution is -2.46. The largest absolute Gasteiger partial charge is 0.352 e. The summed E-state index contributed by atoms with van der Waals surface area (Å²) in [5, 5.41) is 5.91. The van der Waals surface area contributed by atoms with Crippen LogP contribution in [0.25, 0.3) is 0 Å². The molecule has 1 fully saturated rings. The average molecular weight is 351 g/mol. The van der Waals surface area contributed by atoms with Crippen molar-refractivity contribution in [2.24, 2.45) is 5.92 Å². The van der Waals surface area contributed by atoms with Gasteiger partial charge < -0.3 is 15.5 Å². The number of likely N-dealkylation sites (tertiary alicyclic amines) is 1. The molecule has 2 aromatic carbocycles. The van der Waals surface area contributed by atoms with Crippen LogP contribution in [0.15, 0.2) is 54.6 Å². The van der Waals surface area contributed by atoms with Gasteiger partial charge in [-0.2, -0.15) is 0 Å². The zero-order chi connectivity index (χ0) is 18.4. The lowest BCUT2D eigenvalue weighted by atomic mass is 9.97. The maximum Gasteiger partial charge on any atom is 0.321 e. The molecule has 1 heterocycles. The highest BCUT2D eigenvalue weighted by molar-refractivity contribution is 5.90. The van der Waals surface area contributed by atoms with Crippen molar-refractivity contribution >= 4 is 17.6 Å². The predicted octanol–water partition coefficient (Wildman–Crippen LogP) is 3.56. The standard InChI is InChI=1S/C21H25N3O2/c1-16-7-5-11-19(13-16)23-21(26)24-12-6-10-18(15-24)20(25)22-14-17-8-3-2-4-9-17/h2-5,7-9,11,13,18H,6,10,12,14-15H2,1H3,(H,22,25)(H,23,26). The molecule has 136 valence electrons. The molecule has 1 unspecified atom stereocenters. The maximum absolute atomic E-state index is 12.5.